The van der Waals surface area contributed by atoms with Gasteiger partial charge in [0.2, 0.25) is 0 Å². The number of hydrogen-bond donors (Lipinski definition) is 0. The van der Waals surface area contributed by atoms with Crippen molar-refractivity contribution < 1.29 is 8.83 Å². The smallest absolute Gasteiger partial charge is 0.159 e. The fraction of sp³-hybridized carbons (Fsp3) is 0. The molecule has 12 rings (SSSR count). The molecule has 4 heteroatoms. The number of benzene rings is 10. The van der Waals surface area contributed by atoms with Crippen molar-refractivity contribution in [2.75, 3.05) is 9.80 Å². The number of nitrogens with zero attached hydrogens (tertiary/aromatic N) is 2. The number of rotatable bonds is 6. The van der Waals surface area contributed by atoms with E-state index in [1.54, 1.807) is 0 Å². The maximum Gasteiger partial charge on any atom is 0.159 e. The lowest BCUT2D eigenvalue weighted by atomic mass is 9.96. The molecule has 0 bridgehead atoms. The summed E-state index contributed by atoms with van der Waals surface area (Å²) in [5.74, 6) is 0. The fourth-order valence-corrected chi connectivity index (χ4v) is 8.96. The van der Waals surface area contributed by atoms with Crippen LogP contribution >= 0.6 is 0 Å². The summed E-state index contributed by atoms with van der Waals surface area (Å²) in [6, 6.07) is 73.2. The summed E-state index contributed by atoms with van der Waals surface area (Å²) >= 11 is 0. The summed E-state index contributed by atoms with van der Waals surface area (Å²) in [6.45, 7) is 0. The van der Waals surface area contributed by atoms with Gasteiger partial charge in [-0.25, -0.2) is 0 Å². The minimum absolute atomic E-state index is 0.869. The topological polar surface area (TPSA) is 32.8 Å². The molecule has 0 fully saturated rings. The van der Waals surface area contributed by atoms with Gasteiger partial charge in [0.25, 0.3) is 0 Å². The van der Waals surface area contributed by atoms with Gasteiger partial charge < -0.3 is 18.6 Å². The molecule has 272 valence electrons. The summed E-state index contributed by atoms with van der Waals surface area (Å²) in [5.41, 5.74) is 9.76. The van der Waals surface area contributed by atoms with Gasteiger partial charge in [0.15, 0.2) is 11.2 Å². The van der Waals surface area contributed by atoms with Crippen molar-refractivity contribution in [2.24, 2.45) is 0 Å². The fourth-order valence-electron chi connectivity index (χ4n) is 8.96. The summed E-state index contributed by atoms with van der Waals surface area (Å²) in [7, 11) is 0. The Kier molecular flexibility index (Phi) is 7.20. The van der Waals surface area contributed by atoms with Crippen molar-refractivity contribution in [3.8, 4) is 0 Å². The number of anilines is 6. The van der Waals surface area contributed by atoms with Gasteiger partial charge in [-0.05, 0) is 105 Å². The second kappa shape index (κ2) is 12.9. The zero-order chi connectivity index (χ0) is 38.2. The molecule has 0 spiro atoms. The molecular formula is C54H34N2O2. The SMILES string of the molecule is c1ccc(N(c2ccc3c(ccc4c5cc(N(c6ccccc6)c6cccc7c6oc6ccccc67)ccc5ccc34)c2)c2cccc3c2oc2ccccc23)cc1. The van der Waals surface area contributed by atoms with E-state index in [1.807, 2.05) is 24.3 Å². The number of para-hydroxylation sites is 6. The van der Waals surface area contributed by atoms with Gasteiger partial charge in [-0.2, -0.15) is 0 Å². The van der Waals surface area contributed by atoms with E-state index < -0.39 is 0 Å². The Labute approximate surface area is 334 Å². The molecule has 0 aliphatic carbocycles. The molecule has 0 aliphatic rings. The molecule has 0 unspecified atom stereocenters. The highest BCUT2D eigenvalue weighted by Crippen LogP contribution is 2.45. The quantitative estimate of drug-likeness (QED) is 0.159. The van der Waals surface area contributed by atoms with Crippen molar-refractivity contribution in [3.05, 3.63) is 206 Å². The minimum Gasteiger partial charge on any atom is -0.454 e. The minimum atomic E-state index is 0.869. The zero-order valence-electron chi connectivity index (χ0n) is 31.3. The number of fused-ring (bicyclic) bond motifs is 11. The van der Waals surface area contributed by atoms with Gasteiger partial charge >= 0.3 is 0 Å². The molecule has 0 radical (unpaired) electrons. The lowest BCUT2D eigenvalue weighted by molar-refractivity contribution is 0.668. The summed E-state index contributed by atoms with van der Waals surface area (Å²) in [6.07, 6.45) is 0. The Bertz CT molecular complexity index is 3530. The lowest BCUT2D eigenvalue weighted by Crippen LogP contribution is -2.10. The van der Waals surface area contributed by atoms with Crippen LogP contribution in [0.2, 0.25) is 0 Å². The van der Waals surface area contributed by atoms with E-state index in [4.69, 9.17) is 8.83 Å². The van der Waals surface area contributed by atoms with Gasteiger partial charge in [0, 0.05) is 44.3 Å². The van der Waals surface area contributed by atoms with Crippen molar-refractivity contribution in [2.45, 2.75) is 0 Å². The van der Waals surface area contributed by atoms with Crippen molar-refractivity contribution >= 4 is 110 Å². The van der Waals surface area contributed by atoms with Gasteiger partial charge in [0.1, 0.15) is 11.2 Å². The maximum atomic E-state index is 6.58. The third-order valence-electron chi connectivity index (χ3n) is 11.6. The first-order chi connectivity index (χ1) is 28.8. The molecule has 0 N–H and O–H groups in total. The van der Waals surface area contributed by atoms with Crippen molar-refractivity contribution in [3.63, 3.8) is 0 Å². The van der Waals surface area contributed by atoms with E-state index in [0.717, 1.165) is 78.0 Å². The second-order valence-corrected chi connectivity index (χ2v) is 14.9. The first kappa shape index (κ1) is 32.4. The van der Waals surface area contributed by atoms with Gasteiger partial charge in [-0.1, -0.05) is 133 Å². The van der Waals surface area contributed by atoms with Crippen LogP contribution in [-0.4, -0.2) is 0 Å². The van der Waals surface area contributed by atoms with Crippen LogP contribution < -0.4 is 9.80 Å². The van der Waals surface area contributed by atoms with Crippen LogP contribution in [0.1, 0.15) is 0 Å². The van der Waals surface area contributed by atoms with Crippen LogP contribution in [0, 0.1) is 0 Å². The lowest BCUT2D eigenvalue weighted by Gasteiger charge is -2.26. The standard InChI is InChI=1S/C54H34N2O2/c1-3-13-37(14-4-1)55(49-21-11-19-46-44-17-7-9-23-51(44)57-53(46)49)39-29-32-41-36(33-39)27-31-43-42(41)30-26-35-25-28-40(34-48(35)43)56(38-15-5-2-6-16-38)50-22-12-20-47-45-18-8-10-24-52(45)58-54(47)50/h1-34H. The molecule has 10 aromatic carbocycles. The molecule has 4 nitrogen and oxygen atoms in total. The Morgan fingerprint density at radius 2 is 0.707 bits per heavy atom. The monoisotopic (exact) mass is 742 g/mol. The first-order valence-corrected chi connectivity index (χ1v) is 19.7. The Morgan fingerprint density at radius 1 is 0.259 bits per heavy atom. The van der Waals surface area contributed by atoms with E-state index in [-0.39, 0.29) is 0 Å². The van der Waals surface area contributed by atoms with Crippen molar-refractivity contribution in [1.82, 2.24) is 0 Å². The predicted molar refractivity (Wildman–Crippen MR) is 243 cm³/mol. The van der Waals surface area contributed by atoms with E-state index in [1.165, 1.54) is 32.3 Å². The molecule has 0 aliphatic heterocycles. The van der Waals surface area contributed by atoms with E-state index in [9.17, 15) is 0 Å². The molecule has 0 atom stereocenters. The molecule has 0 saturated heterocycles. The Balaban J connectivity index is 1.02. The normalized spacial score (nSPS) is 11.8. The molecule has 0 saturated carbocycles. The molecule has 2 aromatic heterocycles. The van der Waals surface area contributed by atoms with E-state index in [0.29, 0.717) is 0 Å². The molecular weight excluding hydrogens is 709 g/mol. The predicted octanol–water partition coefficient (Wildman–Crippen LogP) is 15.9. The molecule has 0 amide bonds. The third kappa shape index (κ3) is 5.02. The van der Waals surface area contributed by atoms with Crippen LogP contribution in [0.5, 0.6) is 0 Å². The van der Waals surface area contributed by atoms with E-state index in [2.05, 4.69) is 192 Å². The molecule has 12 aromatic rings. The third-order valence-corrected chi connectivity index (χ3v) is 11.6. The first-order valence-electron chi connectivity index (χ1n) is 19.7. The van der Waals surface area contributed by atoms with Crippen LogP contribution in [-0.2, 0) is 0 Å². The summed E-state index contributed by atoms with van der Waals surface area (Å²) in [5, 5.41) is 11.6. The highest BCUT2D eigenvalue weighted by Gasteiger charge is 2.22. The molecule has 58 heavy (non-hydrogen) atoms. The number of hydrogen-bond acceptors (Lipinski definition) is 4. The van der Waals surface area contributed by atoms with Crippen LogP contribution in [0.3, 0.4) is 0 Å². The Morgan fingerprint density at radius 3 is 1.31 bits per heavy atom. The average Bonchev–Trinajstić information content (AvgIpc) is 3.87. The largest absolute Gasteiger partial charge is 0.454 e. The van der Waals surface area contributed by atoms with Crippen LogP contribution in [0.25, 0.3) is 76.2 Å². The Hall–Kier alpha value is -7.82. The summed E-state index contributed by atoms with van der Waals surface area (Å²) < 4.78 is 13.1. The second-order valence-electron chi connectivity index (χ2n) is 14.9. The number of furan rings is 2. The average molecular weight is 743 g/mol. The maximum absolute atomic E-state index is 6.58. The van der Waals surface area contributed by atoms with E-state index >= 15 is 0 Å². The van der Waals surface area contributed by atoms with Gasteiger partial charge in [-0.3, -0.25) is 0 Å². The van der Waals surface area contributed by atoms with Gasteiger partial charge in [-0.15, -0.1) is 0 Å². The highest BCUT2D eigenvalue weighted by molar-refractivity contribution is 6.19. The zero-order valence-corrected chi connectivity index (χ0v) is 31.3. The summed E-state index contributed by atoms with van der Waals surface area (Å²) in [4.78, 5) is 4.62. The van der Waals surface area contributed by atoms with Crippen LogP contribution in [0.15, 0.2) is 215 Å². The highest BCUT2D eigenvalue weighted by atomic mass is 16.3. The molecule has 2 heterocycles. The van der Waals surface area contributed by atoms with Crippen LogP contribution in [0.4, 0.5) is 34.1 Å². The van der Waals surface area contributed by atoms with Gasteiger partial charge in [0.05, 0.1) is 11.4 Å². The van der Waals surface area contributed by atoms with Crippen molar-refractivity contribution in [1.29, 1.82) is 0 Å².